The average Bonchev–Trinajstić information content (AvgIpc) is 3.20. The number of para-hydroxylation sites is 1. The molecule has 1 atom stereocenters. The van der Waals surface area contributed by atoms with Crippen molar-refractivity contribution in [2.75, 3.05) is 11.9 Å². The molecule has 0 aliphatic heterocycles. The van der Waals surface area contributed by atoms with Crippen molar-refractivity contribution in [3.63, 3.8) is 0 Å². The number of ether oxygens (including phenoxy) is 1. The number of carbonyl (C=O) groups is 2. The number of aromatic nitrogens is 1. The van der Waals surface area contributed by atoms with Crippen molar-refractivity contribution in [2.24, 2.45) is 5.92 Å². The summed E-state index contributed by atoms with van der Waals surface area (Å²) in [6, 6.07) is 18.1. The molecule has 7 heteroatoms. The summed E-state index contributed by atoms with van der Waals surface area (Å²) in [5.74, 6) is -0.150. The van der Waals surface area contributed by atoms with E-state index < -0.39 is 6.04 Å². The Bertz CT molecular complexity index is 942. The molecule has 0 saturated carbocycles. The lowest BCUT2D eigenvalue weighted by molar-refractivity contribution is -0.128. The molecule has 2 amide bonds. The zero-order chi connectivity index (χ0) is 20.6. The molecule has 6 nitrogen and oxygen atoms in total. The smallest absolute Gasteiger partial charge is 0.258 e. The van der Waals surface area contributed by atoms with Gasteiger partial charge in [0, 0.05) is 10.9 Å². The zero-order valence-corrected chi connectivity index (χ0v) is 17.1. The average molecular weight is 410 g/mol. The molecule has 150 valence electrons. The summed E-state index contributed by atoms with van der Waals surface area (Å²) in [4.78, 5) is 29.4. The van der Waals surface area contributed by atoms with Crippen LogP contribution in [0.4, 0.5) is 5.13 Å². The number of nitrogens with one attached hydrogen (secondary N) is 2. The number of benzene rings is 2. The van der Waals surface area contributed by atoms with E-state index in [0.29, 0.717) is 10.9 Å². The molecule has 0 fully saturated rings. The Morgan fingerprint density at radius 3 is 2.34 bits per heavy atom. The molecule has 1 aromatic heterocycles. The fourth-order valence-corrected chi connectivity index (χ4v) is 3.39. The predicted molar refractivity (Wildman–Crippen MR) is 115 cm³/mol. The molecule has 1 unspecified atom stereocenters. The maximum absolute atomic E-state index is 12.7. The van der Waals surface area contributed by atoms with Crippen molar-refractivity contribution in [3.05, 3.63) is 66.0 Å². The Hall–Kier alpha value is -3.19. The molecule has 0 aliphatic rings. The predicted octanol–water partition coefficient (Wildman–Crippen LogP) is 3.97. The number of carbonyl (C=O) groups excluding carboxylic acids is 2. The topological polar surface area (TPSA) is 80.3 Å². The van der Waals surface area contributed by atoms with Gasteiger partial charge in [0.2, 0.25) is 5.91 Å². The normalized spacial score (nSPS) is 11.7. The maximum Gasteiger partial charge on any atom is 0.258 e. The van der Waals surface area contributed by atoms with E-state index in [9.17, 15) is 9.59 Å². The van der Waals surface area contributed by atoms with Gasteiger partial charge in [0.25, 0.3) is 5.91 Å². The van der Waals surface area contributed by atoms with Crippen molar-refractivity contribution >= 4 is 28.3 Å². The van der Waals surface area contributed by atoms with E-state index in [1.165, 1.54) is 11.3 Å². The molecular formula is C22H23N3O3S. The first kappa shape index (κ1) is 20.5. The SMILES string of the molecule is CC(C)C(NC(=O)COc1ccccc1)C(=O)Nc1nc(-c2ccccc2)cs1. The van der Waals surface area contributed by atoms with Crippen LogP contribution >= 0.6 is 11.3 Å². The zero-order valence-electron chi connectivity index (χ0n) is 16.3. The molecule has 0 aliphatic carbocycles. The van der Waals surface area contributed by atoms with Gasteiger partial charge in [-0.15, -0.1) is 11.3 Å². The minimum atomic E-state index is -0.689. The largest absolute Gasteiger partial charge is 0.484 e. The van der Waals surface area contributed by atoms with Crippen LogP contribution in [0.15, 0.2) is 66.0 Å². The first-order chi connectivity index (χ1) is 14.0. The molecule has 3 aromatic rings. The van der Waals surface area contributed by atoms with E-state index in [4.69, 9.17) is 4.74 Å². The Morgan fingerprint density at radius 1 is 1.03 bits per heavy atom. The van der Waals surface area contributed by atoms with Crippen LogP contribution in [0.2, 0.25) is 0 Å². The minimum Gasteiger partial charge on any atom is -0.484 e. The van der Waals surface area contributed by atoms with Crippen LogP contribution in [0.5, 0.6) is 5.75 Å². The number of nitrogens with zero attached hydrogens (tertiary/aromatic N) is 1. The maximum atomic E-state index is 12.7. The van der Waals surface area contributed by atoms with Crippen molar-refractivity contribution in [2.45, 2.75) is 19.9 Å². The summed E-state index contributed by atoms with van der Waals surface area (Å²) in [5, 5.41) is 7.94. The number of rotatable bonds is 8. The van der Waals surface area contributed by atoms with Crippen LogP contribution in [-0.4, -0.2) is 29.4 Å². The fraction of sp³-hybridized carbons (Fsp3) is 0.227. The number of hydrogen-bond donors (Lipinski definition) is 2. The second-order valence-electron chi connectivity index (χ2n) is 6.78. The lowest BCUT2D eigenvalue weighted by atomic mass is 10.0. The summed E-state index contributed by atoms with van der Waals surface area (Å²) in [5.41, 5.74) is 1.78. The standard InChI is InChI=1S/C22H23N3O3S/c1-15(2)20(24-19(26)13-28-17-11-7-4-8-12-17)21(27)25-22-23-18(14-29-22)16-9-5-3-6-10-16/h3-12,14-15,20H,13H2,1-2H3,(H,24,26)(H,23,25,27). The van der Waals surface area contributed by atoms with Gasteiger partial charge < -0.3 is 15.4 Å². The molecule has 0 spiro atoms. The van der Waals surface area contributed by atoms with E-state index >= 15 is 0 Å². The molecule has 3 rings (SSSR count). The Labute approximate surface area is 173 Å². The fourth-order valence-electron chi connectivity index (χ4n) is 2.67. The lowest BCUT2D eigenvalue weighted by Crippen LogP contribution is -2.48. The van der Waals surface area contributed by atoms with Gasteiger partial charge in [-0.1, -0.05) is 62.4 Å². The van der Waals surface area contributed by atoms with E-state index in [-0.39, 0.29) is 24.3 Å². The second kappa shape index (κ2) is 9.84. The summed E-state index contributed by atoms with van der Waals surface area (Å²) >= 11 is 1.35. The number of hydrogen-bond acceptors (Lipinski definition) is 5. The quantitative estimate of drug-likeness (QED) is 0.590. The summed E-state index contributed by atoms with van der Waals surface area (Å²) in [6.45, 7) is 3.59. The van der Waals surface area contributed by atoms with Gasteiger partial charge in [0.05, 0.1) is 5.69 Å². The minimum absolute atomic E-state index is 0.0933. The van der Waals surface area contributed by atoms with Gasteiger partial charge in [-0.2, -0.15) is 0 Å². The Balaban J connectivity index is 1.58. The highest BCUT2D eigenvalue weighted by Gasteiger charge is 2.25. The lowest BCUT2D eigenvalue weighted by Gasteiger charge is -2.21. The van der Waals surface area contributed by atoms with Gasteiger partial charge in [0.1, 0.15) is 11.8 Å². The monoisotopic (exact) mass is 409 g/mol. The van der Waals surface area contributed by atoms with Crippen LogP contribution in [0.25, 0.3) is 11.3 Å². The first-order valence-electron chi connectivity index (χ1n) is 9.32. The molecule has 1 heterocycles. The van der Waals surface area contributed by atoms with E-state index in [1.807, 2.05) is 67.8 Å². The van der Waals surface area contributed by atoms with E-state index in [2.05, 4.69) is 15.6 Å². The van der Waals surface area contributed by atoms with Crippen LogP contribution in [0.1, 0.15) is 13.8 Å². The van der Waals surface area contributed by atoms with Crippen LogP contribution in [-0.2, 0) is 9.59 Å². The van der Waals surface area contributed by atoms with Crippen molar-refractivity contribution in [3.8, 4) is 17.0 Å². The van der Waals surface area contributed by atoms with Crippen LogP contribution in [0, 0.1) is 5.92 Å². The third-order valence-corrected chi connectivity index (χ3v) is 4.94. The molecule has 0 radical (unpaired) electrons. The Kier molecular flexibility index (Phi) is 6.97. The molecule has 0 saturated heterocycles. The van der Waals surface area contributed by atoms with Gasteiger partial charge in [-0.05, 0) is 18.1 Å². The van der Waals surface area contributed by atoms with E-state index in [0.717, 1.165) is 11.3 Å². The van der Waals surface area contributed by atoms with Crippen molar-refractivity contribution in [1.82, 2.24) is 10.3 Å². The summed E-state index contributed by atoms with van der Waals surface area (Å²) in [7, 11) is 0. The van der Waals surface area contributed by atoms with Gasteiger partial charge in [-0.25, -0.2) is 4.98 Å². The number of anilines is 1. The molecular weight excluding hydrogens is 386 g/mol. The summed E-state index contributed by atoms with van der Waals surface area (Å²) < 4.78 is 5.44. The highest BCUT2D eigenvalue weighted by molar-refractivity contribution is 7.14. The number of amides is 2. The highest BCUT2D eigenvalue weighted by Crippen LogP contribution is 2.24. The third-order valence-electron chi connectivity index (χ3n) is 4.18. The number of thiazole rings is 1. The third kappa shape index (κ3) is 5.89. The molecule has 29 heavy (non-hydrogen) atoms. The highest BCUT2D eigenvalue weighted by atomic mass is 32.1. The molecule has 0 bridgehead atoms. The van der Waals surface area contributed by atoms with E-state index in [1.54, 1.807) is 12.1 Å². The molecule has 2 N–H and O–H groups in total. The van der Waals surface area contributed by atoms with Crippen molar-refractivity contribution < 1.29 is 14.3 Å². The summed E-state index contributed by atoms with van der Waals surface area (Å²) in [6.07, 6.45) is 0. The van der Waals surface area contributed by atoms with Gasteiger partial charge in [-0.3, -0.25) is 9.59 Å². The van der Waals surface area contributed by atoms with Crippen LogP contribution < -0.4 is 15.4 Å². The van der Waals surface area contributed by atoms with Gasteiger partial charge >= 0.3 is 0 Å². The molecule has 2 aromatic carbocycles. The van der Waals surface area contributed by atoms with Crippen LogP contribution in [0.3, 0.4) is 0 Å². The van der Waals surface area contributed by atoms with Crippen molar-refractivity contribution in [1.29, 1.82) is 0 Å². The first-order valence-corrected chi connectivity index (χ1v) is 10.2. The van der Waals surface area contributed by atoms with Gasteiger partial charge in [0.15, 0.2) is 11.7 Å². The Morgan fingerprint density at radius 2 is 1.69 bits per heavy atom. The second-order valence-corrected chi connectivity index (χ2v) is 7.64.